The topological polar surface area (TPSA) is 77.8 Å². The maximum absolute atomic E-state index is 13.3. The van der Waals surface area contributed by atoms with Gasteiger partial charge in [-0.05, 0) is 97.2 Å². The minimum Gasteiger partial charge on any atom is -0.393 e. The largest absolute Gasteiger partial charge is 0.393 e. The third kappa shape index (κ3) is 4.04. The molecule has 0 radical (unpaired) electrons. The third-order valence-electron chi connectivity index (χ3n) is 11.8. The lowest BCUT2D eigenvalue weighted by Crippen LogP contribution is -2.57. The van der Waals surface area contributed by atoms with Crippen molar-refractivity contribution in [2.45, 2.75) is 118 Å². The van der Waals surface area contributed by atoms with E-state index in [4.69, 9.17) is 0 Å². The van der Waals surface area contributed by atoms with Crippen molar-refractivity contribution in [3.8, 4) is 0 Å². The molecule has 4 aliphatic rings. The fourth-order valence-electron chi connectivity index (χ4n) is 9.83. The quantitative estimate of drug-likeness (QED) is 0.505. The van der Waals surface area contributed by atoms with Gasteiger partial charge in [-0.25, -0.2) is 0 Å². The van der Waals surface area contributed by atoms with E-state index in [1.54, 1.807) is 0 Å². The molecule has 4 heteroatoms. The van der Waals surface area contributed by atoms with Gasteiger partial charge in [-0.2, -0.15) is 0 Å². The zero-order valence-electron chi connectivity index (χ0n) is 22.0. The monoisotopic (exact) mass is 462 g/mol. The minimum atomic E-state index is -0.689. The molecule has 0 aromatic rings. The molecule has 0 unspecified atom stereocenters. The van der Waals surface area contributed by atoms with Crippen molar-refractivity contribution in [1.29, 1.82) is 0 Å². The zero-order chi connectivity index (χ0) is 24.3. The second kappa shape index (κ2) is 9.21. The van der Waals surface area contributed by atoms with E-state index in [9.17, 15) is 20.1 Å². The van der Waals surface area contributed by atoms with Crippen molar-refractivity contribution in [3.63, 3.8) is 0 Å². The number of hydrogen-bond acceptors (Lipinski definition) is 4. The van der Waals surface area contributed by atoms with Crippen LogP contribution >= 0.6 is 0 Å². The van der Waals surface area contributed by atoms with Gasteiger partial charge < -0.3 is 15.3 Å². The van der Waals surface area contributed by atoms with Gasteiger partial charge in [0.15, 0.2) is 0 Å². The average Bonchev–Trinajstić information content (AvgIpc) is 3.11. The Morgan fingerprint density at radius 1 is 0.939 bits per heavy atom. The van der Waals surface area contributed by atoms with Crippen molar-refractivity contribution in [1.82, 2.24) is 0 Å². The van der Waals surface area contributed by atoms with Gasteiger partial charge >= 0.3 is 0 Å². The number of Topliss-reactive ketones (excluding diaryl/α,β-unsaturated/α-hetero) is 1. The first-order chi connectivity index (χ1) is 15.5. The number of aliphatic hydroxyl groups is 3. The van der Waals surface area contributed by atoms with E-state index in [1.165, 1.54) is 6.42 Å². The van der Waals surface area contributed by atoms with Crippen molar-refractivity contribution in [2.75, 3.05) is 0 Å². The van der Waals surface area contributed by atoms with E-state index in [0.29, 0.717) is 48.2 Å². The lowest BCUT2D eigenvalue weighted by Gasteiger charge is -2.60. The van der Waals surface area contributed by atoms with Crippen LogP contribution in [0.4, 0.5) is 0 Å². The zero-order valence-corrected chi connectivity index (χ0v) is 22.0. The first-order valence-corrected chi connectivity index (χ1v) is 14.0. The van der Waals surface area contributed by atoms with Gasteiger partial charge in [0.25, 0.3) is 0 Å². The number of fused-ring (bicyclic) bond motifs is 5. The van der Waals surface area contributed by atoms with E-state index < -0.39 is 12.2 Å². The Labute approximate surface area is 201 Å². The van der Waals surface area contributed by atoms with Crippen molar-refractivity contribution >= 4 is 5.78 Å². The normalized spacial score (nSPS) is 46.8. The maximum atomic E-state index is 13.3. The van der Waals surface area contributed by atoms with Crippen molar-refractivity contribution in [3.05, 3.63) is 0 Å². The molecule has 0 spiro atoms. The summed E-state index contributed by atoms with van der Waals surface area (Å²) in [5.41, 5.74) is 0.185. The summed E-state index contributed by atoms with van der Waals surface area (Å²) in [6.45, 7) is 13.3. The van der Waals surface area contributed by atoms with E-state index >= 15 is 0 Å². The molecule has 4 nitrogen and oxygen atoms in total. The lowest BCUT2D eigenvalue weighted by atomic mass is 9.44. The van der Waals surface area contributed by atoms with E-state index in [0.717, 1.165) is 38.5 Å². The first-order valence-electron chi connectivity index (χ1n) is 14.0. The lowest BCUT2D eigenvalue weighted by molar-refractivity contribution is -0.161. The molecule has 0 bridgehead atoms. The molecular weight excluding hydrogens is 412 g/mol. The Morgan fingerprint density at radius 3 is 2.21 bits per heavy atom. The van der Waals surface area contributed by atoms with Crippen molar-refractivity contribution < 1.29 is 20.1 Å². The number of ketones is 1. The molecule has 0 saturated heterocycles. The molecule has 3 N–H and O–H groups in total. The number of aliphatic hydroxyl groups excluding tert-OH is 3. The Hall–Kier alpha value is -0.450. The molecule has 190 valence electrons. The van der Waals surface area contributed by atoms with Crippen LogP contribution in [0.5, 0.6) is 0 Å². The van der Waals surface area contributed by atoms with E-state index in [2.05, 4.69) is 41.5 Å². The smallest absolute Gasteiger partial charge is 0.136 e. The van der Waals surface area contributed by atoms with E-state index in [-0.39, 0.29) is 34.7 Å². The second-order valence-corrected chi connectivity index (χ2v) is 13.4. The summed E-state index contributed by atoms with van der Waals surface area (Å²) in [7, 11) is 0. The summed E-state index contributed by atoms with van der Waals surface area (Å²) in [6.07, 6.45) is 6.96. The molecule has 4 saturated carbocycles. The fourth-order valence-corrected chi connectivity index (χ4v) is 9.83. The average molecular weight is 463 g/mol. The molecule has 4 rings (SSSR count). The Balaban J connectivity index is 1.54. The van der Waals surface area contributed by atoms with Crippen LogP contribution in [0.15, 0.2) is 0 Å². The summed E-state index contributed by atoms with van der Waals surface area (Å²) < 4.78 is 0. The highest BCUT2D eigenvalue weighted by Gasteiger charge is 2.63. The summed E-state index contributed by atoms with van der Waals surface area (Å²) in [6, 6.07) is 0. The number of carbonyl (C=O) groups excluding carboxylic acids is 1. The standard InChI is InChI=1S/C29H50O4/c1-7-19(16(2)3)27(33)26(32)17(4)21-8-9-22-20-15-25(31)24-14-18(30)10-12-29(24,6)23(20)11-13-28(21,22)5/h16-24,26-27,30,32-33H,7-15H2,1-6H3/t17-,18-,19-,20-,21+,22-,23-,24+,26+,27+,28-,29+/m0/s1. The molecule has 4 aliphatic carbocycles. The summed E-state index contributed by atoms with van der Waals surface area (Å²) in [5.74, 6) is 2.94. The van der Waals surface area contributed by atoms with E-state index in [1.807, 2.05) is 0 Å². The number of hydrogen-bond donors (Lipinski definition) is 3. The molecule has 0 aliphatic heterocycles. The summed E-state index contributed by atoms with van der Waals surface area (Å²) >= 11 is 0. The predicted molar refractivity (Wildman–Crippen MR) is 131 cm³/mol. The van der Waals surface area contributed by atoms with Crippen LogP contribution in [-0.4, -0.2) is 39.4 Å². The number of rotatable bonds is 6. The molecule has 12 atom stereocenters. The Bertz CT molecular complexity index is 720. The van der Waals surface area contributed by atoms with Crippen LogP contribution in [0.2, 0.25) is 0 Å². The molecule has 0 aromatic heterocycles. The molecule has 0 aromatic carbocycles. The van der Waals surface area contributed by atoms with Crippen LogP contribution in [0.3, 0.4) is 0 Å². The SMILES string of the molecule is CC[C@@H](C(C)C)[C@@H](O)[C@H](O)[C@@H](C)[C@H]1CC[C@H]2[C@@H]3CC(=O)[C@H]4C[C@@H](O)CC[C@]4(C)[C@H]3CC[C@@]12C. The minimum absolute atomic E-state index is 0.0435. The van der Waals surface area contributed by atoms with Crippen LogP contribution in [-0.2, 0) is 4.79 Å². The van der Waals surface area contributed by atoms with Crippen LogP contribution in [0, 0.1) is 58.2 Å². The first kappa shape index (κ1) is 25.6. The molecule has 4 fully saturated rings. The highest BCUT2D eigenvalue weighted by atomic mass is 16.3. The molecule has 0 heterocycles. The van der Waals surface area contributed by atoms with Gasteiger partial charge in [-0.1, -0.05) is 48.0 Å². The van der Waals surface area contributed by atoms with Crippen molar-refractivity contribution in [2.24, 2.45) is 58.2 Å². The Kier molecular flexibility index (Phi) is 7.15. The van der Waals surface area contributed by atoms with Gasteiger partial charge in [-0.15, -0.1) is 0 Å². The van der Waals surface area contributed by atoms with Gasteiger partial charge in [0.1, 0.15) is 5.78 Å². The van der Waals surface area contributed by atoms with Crippen LogP contribution in [0.1, 0.15) is 99.3 Å². The number of carbonyl (C=O) groups is 1. The summed E-state index contributed by atoms with van der Waals surface area (Å²) in [4.78, 5) is 13.3. The molecular formula is C29H50O4. The predicted octanol–water partition coefficient (Wildman–Crippen LogP) is 5.23. The highest BCUT2D eigenvalue weighted by Crippen LogP contribution is 2.67. The van der Waals surface area contributed by atoms with Gasteiger partial charge in [0.2, 0.25) is 0 Å². The third-order valence-corrected chi connectivity index (χ3v) is 11.8. The fraction of sp³-hybridized carbons (Fsp3) is 0.966. The second-order valence-electron chi connectivity index (χ2n) is 13.4. The molecule has 0 amide bonds. The van der Waals surface area contributed by atoms with Gasteiger partial charge in [-0.3, -0.25) is 4.79 Å². The van der Waals surface area contributed by atoms with Gasteiger partial charge in [0.05, 0.1) is 18.3 Å². The Morgan fingerprint density at radius 2 is 1.58 bits per heavy atom. The molecule has 33 heavy (non-hydrogen) atoms. The maximum Gasteiger partial charge on any atom is 0.136 e. The summed E-state index contributed by atoms with van der Waals surface area (Å²) in [5, 5.41) is 32.6. The van der Waals surface area contributed by atoms with Gasteiger partial charge in [0, 0.05) is 12.3 Å². The van der Waals surface area contributed by atoms with Crippen LogP contribution in [0.25, 0.3) is 0 Å². The van der Waals surface area contributed by atoms with Crippen LogP contribution < -0.4 is 0 Å². The highest BCUT2D eigenvalue weighted by molar-refractivity contribution is 5.83.